The molecule has 86 valence electrons. The largest absolute Gasteiger partial charge is 0.452 e. The van der Waals surface area contributed by atoms with Gasteiger partial charge < -0.3 is 10.1 Å². The van der Waals surface area contributed by atoms with Crippen LogP contribution in [0.1, 0.15) is 0 Å². The summed E-state index contributed by atoms with van der Waals surface area (Å²) in [4.78, 5) is 10.7. The van der Waals surface area contributed by atoms with Crippen molar-refractivity contribution < 1.29 is 9.53 Å². The van der Waals surface area contributed by atoms with E-state index in [1.807, 2.05) is 0 Å². The van der Waals surface area contributed by atoms with Gasteiger partial charge in [-0.3, -0.25) is 5.43 Å². The van der Waals surface area contributed by atoms with E-state index in [1.54, 1.807) is 24.3 Å². The van der Waals surface area contributed by atoms with E-state index in [2.05, 4.69) is 20.9 Å². The van der Waals surface area contributed by atoms with Crippen molar-refractivity contribution in [2.75, 3.05) is 12.4 Å². The fourth-order valence-electron chi connectivity index (χ4n) is 0.854. The van der Waals surface area contributed by atoms with E-state index >= 15 is 0 Å². The molecule has 0 aliphatic heterocycles. The Balaban J connectivity index is 2.40. The molecule has 1 aromatic carbocycles. The van der Waals surface area contributed by atoms with Crippen LogP contribution in [0.2, 0.25) is 5.02 Å². The van der Waals surface area contributed by atoms with Gasteiger partial charge in [0.05, 0.1) is 7.11 Å². The van der Waals surface area contributed by atoms with Crippen LogP contribution in [0.15, 0.2) is 24.3 Å². The number of carbonyl (C=O) groups is 1. The highest BCUT2D eigenvalue weighted by Crippen LogP contribution is 2.12. The molecule has 1 amide bonds. The Bertz CT molecular complexity index is 383. The van der Waals surface area contributed by atoms with Gasteiger partial charge in [0.1, 0.15) is 0 Å². The summed E-state index contributed by atoms with van der Waals surface area (Å²) in [6.07, 6.45) is -0.625. The molecule has 0 aliphatic rings. The molecule has 16 heavy (non-hydrogen) atoms. The molecular weight excluding hydrogens is 250 g/mol. The molecule has 0 saturated carbocycles. The van der Waals surface area contributed by atoms with Crippen LogP contribution in [-0.2, 0) is 4.74 Å². The van der Waals surface area contributed by atoms with Gasteiger partial charge in [-0.1, -0.05) is 11.6 Å². The summed E-state index contributed by atoms with van der Waals surface area (Å²) < 4.78 is 4.35. The second kappa shape index (κ2) is 6.14. The van der Waals surface area contributed by atoms with E-state index in [9.17, 15) is 4.79 Å². The number of hydrazine groups is 1. The third-order valence-electron chi connectivity index (χ3n) is 1.57. The number of rotatable bonds is 1. The van der Waals surface area contributed by atoms with Gasteiger partial charge in [0.15, 0.2) is 5.11 Å². The number of nitrogens with one attached hydrogen (secondary N) is 3. The minimum absolute atomic E-state index is 0.243. The molecule has 0 heterocycles. The first-order valence-corrected chi connectivity index (χ1v) is 5.07. The summed E-state index contributed by atoms with van der Waals surface area (Å²) in [6, 6.07) is 6.96. The topological polar surface area (TPSA) is 62.4 Å². The zero-order chi connectivity index (χ0) is 12.0. The van der Waals surface area contributed by atoms with Crippen molar-refractivity contribution in [1.29, 1.82) is 0 Å². The Kier molecular flexibility index (Phi) is 4.81. The van der Waals surface area contributed by atoms with Crippen LogP contribution in [0.3, 0.4) is 0 Å². The van der Waals surface area contributed by atoms with Gasteiger partial charge in [-0.15, -0.1) is 0 Å². The zero-order valence-electron chi connectivity index (χ0n) is 8.41. The van der Waals surface area contributed by atoms with Gasteiger partial charge in [-0.25, -0.2) is 10.2 Å². The Morgan fingerprint density at radius 2 is 1.94 bits per heavy atom. The predicted molar refractivity (Wildman–Crippen MR) is 66.3 cm³/mol. The molecule has 0 saturated heterocycles. The Morgan fingerprint density at radius 3 is 2.50 bits per heavy atom. The molecule has 0 radical (unpaired) electrons. The molecule has 1 aromatic rings. The molecule has 0 aliphatic carbocycles. The first kappa shape index (κ1) is 12.5. The van der Waals surface area contributed by atoms with Crippen LogP contribution in [-0.4, -0.2) is 18.3 Å². The normalized spacial score (nSPS) is 9.12. The van der Waals surface area contributed by atoms with Crippen molar-refractivity contribution in [2.24, 2.45) is 0 Å². The zero-order valence-corrected chi connectivity index (χ0v) is 9.98. The van der Waals surface area contributed by atoms with Crippen molar-refractivity contribution in [3.05, 3.63) is 29.3 Å². The van der Waals surface area contributed by atoms with Crippen LogP contribution in [0.25, 0.3) is 0 Å². The average Bonchev–Trinajstić information content (AvgIpc) is 2.29. The molecule has 0 fully saturated rings. The summed E-state index contributed by atoms with van der Waals surface area (Å²) in [7, 11) is 1.26. The van der Waals surface area contributed by atoms with E-state index in [-0.39, 0.29) is 5.11 Å². The summed E-state index contributed by atoms with van der Waals surface area (Å²) in [5.74, 6) is 0. The fourth-order valence-corrected chi connectivity index (χ4v) is 1.15. The first-order valence-electron chi connectivity index (χ1n) is 4.28. The van der Waals surface area contributed by atoms with E-state index < -0.39 is 6.09 Å². The first-order chi connectivity index (χ1) is 7.61. The average molecular weight is 260 g/mol. The quantitative estimate of drug-likeness (QED) is 0.531. The maximum atomic E-state index is 10.7. The minimum Gasteiger partial charge on any atom is -0.452 e. The SMILES string of the molecule is COC(=O)NNC(=S)Nc1ccc(Cl)cc1. The van der Waals surface area contributed by atoms with Crippen molar-refractivity contribution >= 4 is 40.7 Å². The second-order valence-electron chi connectivity index (χ2n) is 2.70. The van der Waals surface area contributed by atoms with Gasteiger partial charge in [0, 0.05) is 10.7 Å². The molecule has 0 bridgehead atoms. The van der Waals surface area contributed by atoms with Crippen molar-refractivity contribution in [2.45, 2.75) is 0 Å². The smallest absolute Gasteiger partial charge is 0.425 e. The number of carbonyl (C=O) groups excluding carboxylic acids is 1. The minimum atomic E-state index is -0.625. The number of methoxy groups -OCH3 is 1. The maximum absolute atomic E-state index is 10.7. The van der Waals surface area contributed by atoms with Crippen LogP contribution in [0.4, 0.5) is 10.5 Å². The fraction of sp³-hybridized carbons (Fsp3) is 0.111. The lowest BCUT2D eigenvalue weighted by Crippen LogP contribution is -2.43. The number of halogens is 1. The second-order valence-corrected chi connectivity index (χ2v) is 3.55. The van der Waals surface area contributed by atoms with Crippen LogP contribution >= 0.6 is 23.8 Å². The van der Waals surface area contributed by atoms with Gasteiger partial charge in [-0.2, -0.15) is 0 Å². The number of benzene rings is 1. The van der Waals surface area contributed by atoms with E-state index in [0.717, 1.165) is 5.69 Å². The molecular formula is C9H10ClN3O2S. The number of ether oxygens (including phenoxy) is 1. The number of thiocarbonyl (C=S) groups is 1. The highest BCUT2D eigenvalue weighted by molar-refractivity contribution is 7.80. The van der Waals surface area contributed by atoms with E-state index in [0.29, 0.717) is 5.02 Å². The standard InChI is InChI=1S/C9H10ClN3O2S/c1-15-9(14)13-12-8(16)11-7-4-2-6(10)3-5-7/h2-5H,1H3,(H,13,14)(H2,11,12,16). The van der Waals surface area contributed by atoms with Crippen LogP contribution in [0, 0.1) is 0 Å². The molecule has 0 spiro atoms. The number of hydrogen-bond acceptors (Lipinski definition) is 3. The van der Waals surface area contributed by atoms with Crippen LogP contribution in [0.5, 0.6) is 0 Å². The maximum Gasteiger partial charge on any atom is 0.425 e. The molecule has 1 rings (SSSR count). The van der Waals surface area contributed by atoms with Crippen LogP contribution < -0.4 is 16.2 Å². The highest BCUT2D eigenvalue weighted by atomic mass is 35.5. The van der Waals surface area contributed by atoms with E-state index in [1.165, 1.54) is 7.11 Å². The highest BCUT2D eigenvalue weighted by Gasteiger charge is 2.00. The number of hydrogen-bond donors (Lipinski definition) is 3. The Morgan fingerprint density at radius 1 is 1.31 bits per heavy atom. The van der Waals surface area contributed by atoms with Crippen molar-refractivity contribution in [3.63, 3.8) is 0 Å². The monoisotopic (exact) mass is 259 g/mol. The van der Waals surface area contributed by atoms with Gasteiger partial charge >= 0.3 is 6.09 Å². The number of amides is 1. The third kappa shape index (κ3) is 4.33. The molecule has 3 N–H and O–H groups in total. The van der Waals surface area contributed by atoms with Crippen molar-refractivity contribution in [3.8, 4) is 0 Å². The lowest BCUT2D eigenvalue weighted by Gasteiger charge is -2.10. The molecule has 7 heteroatoms. The van der Waals surface area contributed by atoms with Gasteiger partial charge in [0.2, 0.25) is 0 Å². The summed E-state index contributed by atoms with van der Waals surface area (Å²) in [5, 5.41) is 3.72. The lowest BCUT2D eigenvalue weighted by molar-refractivity contribution is 0.169. The van der Waals surface area contributed by atoms with Crippen molar-refractivity contribution in [1.82, 2.24) is 10.9 Å². The van der Waals surface area contributed by atoms with Gasteiger partial charge in [-0.05, 0) is 36.5 Å². The number of anilines is 1. The molecule has 0 aromatic heterocycles. The summed E-state index contributed by atoms with van der Waals surface area (Å²) >= 11 is 10.6. The molecule has 5 nitrogen and oxygen atoms in total. The molecule has 0 atom stereocenters. The molecule has 0 unspecified atom stereocenters. The lowest BCUT2D eigenvalue weighted by atomic mass is 10.3. The Labute approximate surface area is 103 Å². The predicted octanol–water partition coefficient (Wildman–Crippen LogP) is 1.90. The summed E-state index contributed by atoms with van der Waals surface area (Å²) in [6.45, 7) is 0. The third-order valence-corrected chi connectivity index (χ3v) is 2.02. The van der Waals surface area contributed by atoms with Gasteiger partial charge in [0.25, 0.3) is 0 Å². The summed E-state index contributed by atoms with van der Waals surface area (Å²) in [5.41, 5.74) is 5.44. The van der Waals surface area contributed by atoms with E-state index in [4.69, 9.17) is 23.8 Å². The Hall–Kier alpha value is -1.53.